The first-order valence-corrected chi connectivity index (χ1v) is 9.50. The quantitative estimate of drug-likeness (QED) is 0.560. The molecule has 1 atom stereocenters. The minimum Gasteiger partial charge on any atom is -0.491 e. The molecule has 0 saturated carbocycles. The Morgan fingerprint density at radius 1 is 0.963 bits per heavy atom. The molecule has 0 aliphatic heterocycles. The third-order valence-corrected chi connectivity index (χ3v) is 4.25. The first kappa shape index (κ1) is 21.4. The summed E-state index contributed by atoms with van der Waals surface area (Å²) < 4.78 is 5.73. The van der Waals surface area contributed by atoms with Gasteiger partial charge < -0.3 is 20.1 Å². The van der Waals surface area contributed by atoms with E-state index in [9.17, 15) is 5.11 Å². The van der Waals surface area contributed by atoms with Crippen LogP contribution in [0.25, 0.3) is 0 Å². The van der Waals surface area contributed by atoms with Gasteiger partial charge in [-0.3, -0.25) is 4.90 Å². The highest BCUT2D eigenvalue weighted by Gasteiger charge is 2.10. The number of hydrogen-bond acceptors (Lipinski definition) is 5. The second-order valence-electron chi connectivity index (χ2n) is 7.27. The van der Waals surface area contributed by atoms with Crippen molar-refractivity contribution < 1.29 is 9.84 Å². The number of nitrogens with one attached hydrogen (secondary N) is 1. The van der Waals surface area contributed by atoms with E-state index in [1.807, 2.05) is 37.4 Å². The van der Waals surface area contributed by atoms with E-state index in [0.29, 0.717) is 13.2 Å². The molecule has 148 valence electrons. The summed E-state index contributed by atoms with van der Waals surface area (Å²) in [7, 11) is 6.15. The number of rotatable bonds is 12. The van der Waals surface area contributed by atoms with Crippen LogP contribution in [0.15, 0.2) is 54.6 Å². The van der Waals surface area contributed by atoms with E-state index < -0.39 is 6.10 Å². The Balaban J connectivity index is 1.66. The van der Waals surface area contributed by atoms with Crippen LogP contribution in [0.2, 0.25) is 0 Å². The average Bonchev–Trinajstić information content (AvgIpc) is 2.65. The lowest BCUT2D eigenvalue weighted by molar-refractivity contribution is 0.0744. The van der Waals surface area contributed by atoms with Crippen molar-refractivity contribution in [2.45, 2.75) is 19.2 Å². The first-order chi connectivity index (χ1) is 13.0. The minimum absolute atomic E-state index is 0.291. The second kappa shape index (κ2) is 11.7. The van der Waals surface area contributed by atoms with Gasteiger partial charge in [0.05, 0.1) is 0 Å². The molecule has 0 bridgehead atoms. The van der Waals surface area contributed by atoms with Gasteiger partial charge in [0.2, 0.25) is 0 Å². The van der Waals surface area contributed by atoms with Crippen LogP contribution in [0.3, 0.4) is 0 Å². The van der Waals surface area contributed by atoms with E-state index in [1.54, 1.807) is 0 Å². The van der Waals surface area contributed by atoms with E-state index in [2.05, 4.69) is 53.5 Å². The van der Waals surface area contributed by atoms with Gasteiger partial charge in [-0.1, -0.05) is 42.5 Å². The summed E-state index contributed by atoms with van der Waals surface area (Å²) in [6, 6.07) is 18.3. The van der Waals surface area contributed by atoms with Crippen LogP contribution in [-0.2, 0) is 13.1 Å². The van der Waals surface area contributed by atoms with E-state index in [4.69, 9.17) is 4.74 Å². The van der Waals surface area contributed by atoms with Crippen molar-refractivity contribution in [2.75, 3.05) is 47.4 Å². The molecule has 0 radical (unpaired) electrons. The van der Waals surface area contributed by atoms with Gasteiger partial charge in [-0.15, -0.1) is 0 Å². The van der Waals surface area contributed by atoms with Gasteiger partial charge in [0.15, 0.2) is 0 Å². The Kier molecular flexibility index (Phi) is 9.28. The lowest BCUT2D eigenvalue weighted by atomic mass is 10.2. The summed E-state index contributed by atoms with van der Waals surface area (Å²) in [4.78, 5) is 4.26. The van der Waals surface area contributed by atoms with Gasteiger partial charge in [0.25, 0.3) is 0 Å². The maximum atomic E-state index is 10.2. The molecule has 0 aliphatic rings. The minimum atomic E-state index is -0.522. The van der Waals surface area contributed by atoms with Crippen LogP contribution in [0.4, 0.5) is 0 Å². The van der Waals surface area contributed by atoms with Crippen LogP contribution in [0.1, 0.15) is 11.1 Å². The molecule has 5 nitrogen and oxygen atoms in total. The Morgan fingerprint density at radius 3 is 2.33 bits per heavy atom. The van der Waals surface area contributed by atoms with Crippen molar-refractivity contribution in [2.24, 2.45) is 0 Å². The predicted molar refractivity (Wildman–Crippen MR) is 111 cm³/mol. The molecule has 27 heavy (non-hydrogen) atoms. The summed E-state index contributed by atoms with van der Waals surface area (Å²) >= 11 is 0. The number of aliphatic hydroxyl groups is 1. The standard InChI is InChI=1S/C22H33N3O2/c1-24(2)14-13-23-15-19-9-11-22(12-10-19)27-18-21(26)17-25(3)16-20-7-5-4-6-8-20/h4-12,21,23,26H,13-18H2,1-3H3/t21-/m1/s1. The van der Waals surface area contributed by atoms with Gasteiger partial charge >= 0.3 is 0 Å². The van der Waals surface area contributed by atoms with Crippen molar-refractivity contribution in [1.82, 2.24) is 15.1 Å². The summed E-state index contributed by atoms with van der Waals surface area (Å²) in [6.45, 7) is 4.52. The van der Waals surface area contributed by atoms with Gasteiger partial charge in [0, 0.05) is 32.7 Å². The molecular weight excluding hydrogens is 338 g/mol. The Hall–Kier alpha value is -1.92. The fourth-order valence-electron chi connectivity index (χ4n) is 2.80. The van der Waals surface area contributed by atoms with Crippen molar-refractivity contribution in [1.29, 1.82) is 0 Å². The molecule has 0 aromatic heterocycles. The normalized spacial score (nSPS) is 12.5. The van der Waals surface area contributed by atoms with E-state index in [0.717, 1.165) is 31.9 Å². The van der Waals surface area contributed by atoms with Crippen LogP contribution in [0, 0.1) is 0 Å². The zero-order valence-corrected chi connectivity index (χ0v) is 16.8. The number of hydrogen-bond donors (Lipinski definition) is 2. The molecule has 0 amide bonds. The summed E-state index contributed by atoms with van der Waals surface area (Å²) in [5.41, 5.74) is 2.46. The molecule has 0 unspecified atom stereocenters. The number of likely N-dealkylation sites (N-methyl/N-ethyl adjacent to an activating group) is 2. The molecule has 2 aromatic rings. The van der Waals surface area contributed by atoms with E-state index in [1.165, 1.54) is 11.1 Å². The Bertz CT molecular complexity index is 632. The molecule has 2 rings (SSSR count). The SMILES string of the molecule is CN(C)CCNCc1ccc(OC[C@H](O)CN(C)Cc2ccccc2)cc1. The number of benzene rings is 2. The molecule has 2 aromatic carbocycles. The van der Waals surface area contributed by atoms with E-state index >= 15 is 0 Å². The van der Waals surface area contributed by atoms with Crippen molar-refractivity contribution in [3.8, 4) is 5.75 Å². The van der Waals surface area contributed by atoms with Gasteiger partial charge in [0.1, 0.15) is 18.5 Å². The van der Waals surface area contributed by atoms with E-state index in [-0.39, 0.29) is 0 Å². The third-order valence-electron chi connectivity index (χ3n) is 4.25. The van der Waals surface area contributed by atoms with Crippen LogP contribution in [-0.4, -0.2) is 68.4 Å². The molecule has 0 heterocycles. The number of nitrogens with zero attached hydrogens (tertiary/aromatic N) is 2. The van der Waals surface area contributed by atoms with Gasteiger partial charge in [-0.25, -0.2) is 0 Å². The highest BCUT2D eigenvalue weighted by molar-refractivity contribution is 5.27. The molecule has 0 aliphatic carbocycles. The van der Waals surface area contributed by atoms with Crippen LogP contribution in [0.5, 0.6) is 5.75 Å². The lowest BCUT2D eigenvalue weighted by Crippen LogP contribution is -2.32. The molecule has 5 heteroatoms. The lowest BCUT2D eigenvalue weighted by Gasteiger charge is -2.21. The summed E-state index contributed by atoms with van der Waals surface area (Å²) in [6.07, 6.45) is -0.522. The average molecular weight is 372 g/mol. The Labute approximate surface area is 163 Å². The third kappa shape index (κ3) is 9.02. The summed E-state index contributed by atoms with van der Waals surface area (Å²) in [5, 5.41) is 13.6. The maximum absolute atomic E-state index is 10.2. The van der Waals surface area contributed by atoms with Gasteiger partial charge in [-0.05, 0) is 44.4 Å². The zero-order valence-electron chi connectivity index (χ0n) is 16.8. The predicted octanol–water partition coefficient (Wildman–Crippen LogP) is 2.21. The van der Waals surface area contributed by atoms with Crippen LogP contribution < -0.4 is 10.1 Å². The fraction of sp³-hybridized carbons (Fsp3) is 0.455. The number of ether oxygens (including phenoxy) is 1. The van der Waals surface area contributed by atoms with Gasteiger partial charge in [-0.2, -0.15) is 0 Å². The Morgan fingerprint density at radius 2 is 1.67 bits per heavy atom. The fourth-order valence-corrected chi connectivity index (χ4v) is 2.80. The highest BCUT2D eigenvalue weighted by Crippen LogP contribution is 2.13. The maximum Gasteiger partial charge on any atom is 0.119 e. The van der Waals surface area contributed by atoms with Crippen molar-refractivity contribution >= 4 is 0 Å². The second-order valence-corrected chi connectivity index (χ2v) is 7.27. The highest BCUT2D eigenvalue weighted by atomic mass is 16.5. The smallest absolute Gasteiger partial charge is 0.119 e. The monoisotopic (exact) mass is 371 g/mol. The molecular formula is C22H33N3O2. The molecule has 0 spiro atoms. The molecule has 0 fully saturated rings. The molecule has 2 N–H and O–H groups in total. The topological polar surface area (TPSA) is 48.0 Å². The van der Waals surface area contributed by atoms with Crippen molar-refractivity contribution in [3.05, 3.63) is 65.7 Å². The largest absolute Gasteiger partial charge is 0.491 e. The zero-order chi connectivity index (χ0) is 19.5. The van der Waals surface area contributed by atoms with Crippen molar-refractivity contribution in [3.63, 3.8) is 0 Å². The summed E-state index contributed by atoms with van der Waals surface area (Å²) in [5.74, 6) is 0.789. The first-order valence-electron chi connectivity index (χ1n) is 9.50. The number of aliphatic hydroxyl groups excluding tert-OH is 1. The molecule has 0 saturated heterocycles. The van der Waals surface area contributed by atoms with Crippen LogP contribution >= 0.6 is 0 Å².